The van der Waals surface area contributed by atoms with Crippen molar-refractivity contribution in [3.63, 3.8) is 0 Å². The molecule has 0 atom stereocenters. The van der Waals surface area contributed by atoms with E-state index in [9.17, 15) is 0 Å². The van der Waals surface area contributed by atoms with Gasteiger partial charge in [-0.05, 0) is 35.2 Å². The van der Waals surface area contributed by atoms with E-state index in [1.807, 2.05) is 24.3 Å². The molecule has 6 nitrogen and oxygen atoms in total. The molecule has 0 aliphatic carbocycles. The molecular weight excluding hydrogens is 324 g/mol. The van der Waals surface area contributed by atoms with Crippen LogP contribution in [0.4, 0.5) is 23.1 Å². The first-order valence-corrected chi connectivity index (χ1v) is 8.29. The van der Waals surface area contributed by atoms with Gasteiger partial charge in [0.2, 0.25) is 5.95 Å². The lowest BCUT2D eigenvalue weighted by Crippen LogP contribution is -2.14. The molecule has 3 aromatic rings. The molecule has 0 aliphatic heterocycles. The summed E-state index contributed by atoms with van der Waals surface area (Å²) in [5.74, 6) is 0.953. The molecule has 0 saturated carbocycles. The molecule has 0 saturated heterocycles. The molecule has 26 heavy (non-hydrogen) atoms. The van der Waals surface area contributed by atoms with Gasteiger partial charge in [0, 0.05) is 11.4 Å². The fraction of sp³-hybridized carbons (Fsp3) is 0.200. The van der Waals surface area contributed by atoms with Crippen LogP contribution in [-0.4, -0.2) is 15.2 Å². The van der Waals surface area contributed by atoms with Crippen LogP contribution in [0.5, 0.6) is 0 Å². The molecule has 6 heteroatoms. The van der Waals surface area contributed by atoms with Crippen molar-refractivity contribution in [1.29, 1.82) is 5.26 Å². The Morgan fingerprint density at radius 3 is 2.58 bits per heavy atom. The highest BCUT2D eigenvalue weighted by Crippen LogP contribution is 2.30. The molecule has 0 radical (unpaired) electrons. The Morgan fingerprint density at radius 2 is 1.81 bits per heavy atom. The Kier molecular flexibility index (Phi) is 4.81. The van der Waals surface area contributed by atoms with E-state index in [4.69, 9.17) is 5.26 Å². The highest BCUT2D eigenvalue weighted by Gasteiger charge is 2.17. The van der Waals surface area contributed by atoms with Crippen LogP contribution in [0.3, 0.4) is 0 Å². The van der Waals surface area contributed by atoms with Crippen molar-refractivity contribution in [2.75, 3.05) is 10.6 Å². The van der Waals surface area contributed by atoms with E-state index < -0.39 is 0 Å². The summed E-state index contributed by atoms with van der Waals surface area (Å²) in [5.41, 5.74) is 3.48. The molecule has 130 valence electrons. The predicted octanol–water partition coefficient (Wildman–Crippen LogP) is 4.53. The first-order valence-electron chi connectivity index (χ1n) is 8.29. The molecule has 0 fully saturated rings. The summed E-state index contributed by atoms with van der Waals surface area (Å²) in [6, 6.07) is 17.4. The zero-order valence-corrected chi connectivity index (χ0v) is 15.0. The maximum atomic E-state index is 9.00. The minimum absolute atomic E-state index is 0.00284. The zero-order valence-electron chi connectivity index (χ0n) is 15.0. The summed E-state index contributed by atoms with van der Waals surface area (Å²) in [6.45, 7) is 6.50. The van der Waals surface area contributed by atoms with Crippen LogP contribution in [0.2, 0.25) is 0 Å². The number of aromatic nitrogens is 3. The van der Waals surface area contributed by atoms with Crippen LogP contribution in [-0.2, 0) is 5.41 Å². The summed E-state index contributed by atoms with van der Waals surface area (Å²) in [5, 5.41) is 23.4. The second kappa shape index (κ2) is 7.19. The lowest BCUT2D eigenvalue weighted by molar-refractivity contribution is 0.592. The smallest absolute Gasteiger partial charge is 0.249 e. The van der Waals surface area contributed by atoms with Crippen molar-refractivity contribution < 1.29 is 0 Å². The lowest BCUT2D eigenvalue weighted by atomic mass is 9.86. The van der Waals surface area contributed by atoms with Crippen LogP contribution < -0.4 is 10.6 Å². The summed E-state index contributed by atoms with van der Waals surface area (Å²) in [4.78, 5) is 4.46. The lowest BCUT2D eigenvalue weighted by Gasteiger charge is -2.23. The third kappa shape index (κ3) is 4.14. The molecule has 2 N–H and O–H groups in total. The largest absolute Gasteiger partial charge is 0.339 e. The number of anilines is 4. The monoisotopic (exact) mass is 344 g/mol. The number of rotatable bonds is 4. The third-order valence-electron chi connectivity index (χ3n) is 3.80. The Morgan fingerprint density at radius 1 is 1.00 bits per heavy atom. The minimum atomic E-state index is 0.00284. The number of hydrogen-bond donors (Lipinski definition) is 2. The van der Waals surface area contributed by atoms with Gasteiger partial charge >= 0.3 is 0 Å². The normalized spacial score (nSPS) is 10.8. The van der Waals surface area contributed by atoms with Gasteiger partial charge in [-0.3, -0.25) is 0 Å². The minimum Gasteiger partial charge on any atom is -0.339 e. The maximum Gasteiger partial charge on any atom is 0.249 e. The first kappa shape index (κ1) is 17.4. The standard InChI is InChI=1S/C20H20N6/c1-20(2,3)16-9-4-5-10-17(16)24-18-13-22-26-19(25-18)23-15-8-6-7-14(11-15)12-21/h4-11,13H,1-3H3,(H2,23,24,25,26). The molecule has 2 aromatic carbocycles. The van der Waals surface area contributed by atoms with Gasteiger partial charge in [-0.1, -0.05) is 45.0 Å². The SMILES string of the molecule is CC(C)(C)c1ccccc1Nc1cnnc(Nc2cccc(C#N)c2)n1. The number of nitrogens with zero attached hydrogens (tertiary/aromatic N) is 4. The van der Waals surface area contributed by atoms with Crippen molar-refractivity contribution >= 4 is 23.1 Å². The first-order chi connectivity index (χ1) is 12.5. The number of benzene rings is 2. The summed E-state index contributed by atoms with van der Waals surface area (Å²) < 4.78 is 0. The summed E-state index contributed by atoms with van der Waals surface area (Å²) in [7, 11) is 0. The van der Waals surface area contributed by atoms with Gasteiger partial charge in [-0.25, -0.2) is 0 Å². The van der Waals surface area contributed by atoms with E-state index in [0.717, 1.165) is 11.4 Å². The van der Waals surface area contributed by atoms with Crippen LogP contribution in [0.1, 0.15) is 31.9 Å². The second-order valence-corrected chi connectivity index (χ2v) is 6.90. The molecule has 0 spiro atoms. The Hall–Kier alpha value is -3.46. The average molecular weight is 344 g/mol. The van der Waals surface area contributed by atoms with Crippen LogP contribution in [0.15, 0.2) is 54.7 Å². The van der Waals surface area contributed by atoms with E-state index in [1.165, 1.54) is 5.56 Å². The molecule has 0 unspecified atom stereocenters. The molecule has 0 bridgehead atoms. The van der Waals surface area contributed by atoms with Gasteiger partial charge in [-0.15, -0.1) is 5.10 Å². The number of para-hydroxylation sites is 1. The van der Waals surface area contributed by atoms with Gasteiger partial charge in [0.25, 0.3) is 0 Å². The average Bonchev–Trinajstić information content (AvgIpc) is 2.62. The number of hydrogen-bond acceptors (Lipinski definition) is 6. The Balaban J connectivity index is 1.84. The topological polar surface area (TPSA) is 86.5 Å². The van der Waals surface area contributed by atoms with Gasteiger partial charge in [0.15, 0.2) is 5.82 Å². The number of nitrogens with one attached hydrogen (secondary N) is 2. The van der Waals surface area contributed by atoms with Gasteiger partial charge in [0.05, 0.1) is 17.8 Å². The molecular formula is C20H20N6. The highest BCUT2D eigenvalue weighted by molar-refractivity contribution is 5.63. The van der Waals surface area contributed by atoms with E-state index >= 15 is 0 Å². The van der Waals surface area contributed by atoms with Gasteiger partial charge in [-0.2, -0.15) is 15.3 Å². The molecule has 1 heterocycles. The molecule has 0 aliphatic rings. The van der Waals surface area contributed by atoms with Crippen molar-refractivity contribution in [2.45, 2.75) is 26.2 Å². The summed E-state index contributed by atoms with van der Waals surface area (Å²) >= 11 is 0. The zero-order chi connectivity index (χ0) is 18.6. The molecule has 0 amide bonds. The Labute approximate surface area is 152 Å². The fourth-order valence-electron chi connectivity index (χ4n) is 2.60. The van der Waals surface area contributed by atoms with E-state index in [-0.39, 0.29) is 5.41 Å². The van der Waals surface area contributed by atoms with Gasteiger partial charge in [0.1, 0.15) is 0 Å². The quantitative estimate of drug-likeness (QED) is 0.723. The van der Waals surface area contributed by atoms with Crippen molar-refractivity contribution in [3.05, 3.63) is 65.9 Å². The molecule has 3 rings (SSSR count). The predicted molar refractivity (Wildman–Crippen MR) is 103 cm³/mol. The van der Waals surface area contributed by atoms with E-state index in [2.05, 4.69) is 58.7 Å². The van der Waals surface area contributed by atoms with E-state index in [0.29, 0.717) is 17.3 Å². The third-order valence-corrected chi connectivity index (χ3v) is 3.80. The maximum absolute atomic E-state index is 9.00. The second-order valence-electron chi connectivity index (χ2n) is 6.90. The van der Waals surface area contributed by atoms with Crippen molar-refractivity contribution in [1.82, 2.24) is 15.2 Å². The van der Waals surface area contributed by atoms with Crippen LogP contribution in [0, 0.1) is 11.3 Å². The number of nitriles is 1. The fourth-order valence-corrected chi connectivity index (χ4v) is 2.60. The molecule has 1 aromatic heterocycles. The summed E-state index contributed by atoms with van der Waals surface area (Å²) in [6.07, 6.45) is 1.58. The van der Waals surface area contributed by atoms with Crippen molar-refractivity contribution in [2.24, 2.45) is 0 Å². The van der Waals surface area contributed by atoms with Crippen LogP contribution >= 0.6 is 0 Å². The van der Waals surface area contributed by atoms with Crippen molar-refractivity contribution in [3.8, 4) is 6.07 Å². The van der Waals surface area contributed by atoms with Crippen LogP contribution in [0.25, 0.3) is 0 Å². The van der Waals surface area contributed by atoms with Gasteiger partial charge < -0.3 is 10.6 Å². The highest BCUT2D eigenvalue weighted by atomic mass is 15.3. The Bertz CT molecular complexity index is 953. The van der Waals surface area contributed by atoms with E-state index in [1.54, 1.807) is 24.4 Å².